The number of ether oxygens (including phenoxy) is 3. The average Bonchev–Trinajstić information content (AvgIpc) is 2.73. The first-order valence-corrected chi connectivity index (χ1v) is 10.6. The minimum Gasteiger partial charge on any atom is -0.493 e. The zero-order chi connectivity index (χ0) is 21.2. The molecule has 7 nitrogen and oxygen atoms in total. The zero-order valence-corrected chi connectivity index (χ0v) is 21.6. The van der Waals surface area contributed by atoms with E-state index in [4.69, 9.17) is 19.2 Å². The van der Waals surface area contributed by atoms with Crippen LogP contribution in [0.1, 0.15) is 39.2 Å². The molecule has 0 aromatic heterocycles. The molecular weight excluding hydrogens is 495 g/mol. The van der Waals surface area contributed by atoms with Crippen LogP contribution in [0.4, 0.5) is 0 Å². The predicted octanol–water partition coefficient (Wildman–Crippen LogP) is 3.30. The SMILES string of the molecule is CCNC(=NCCc1ccc(OC)c(OC)c1OC)NC1CCN(C(C)C)CC1.I. The lowest BCUT2D eigenvalue weighted by molar-refractivity contribution is 0.167. The fraction of sp³-hybridized carbons (Fsp3) is 0.682. The molecule has 1 aromatic carbocycles. The molecule has 1 aliphatic heterocycles. The van der Waals surface area contributed by atoms with E-state index < -0.39 is 0 Å². The Balaban J connectivity index is 0.00000450. The maximum absolute atomic E-state index is 5.58. The third-order valence-electron chi connectivity index (χ3n) is 5.38. The van der Waals surface area contributed by atoms with Crippen molar-refractivity contribution in [2.45, 2.75) is 52.1 Å². The predicted molar refractivity (Wildman–Crippen MR) is 134 cm³/mol. The van der Waals surface area contributed by atoms with Gasteiger partial charge in [0.2, 0.25) is 5.75 Å². The van der Waals surface area contributed by atoms with Crippen molar-refractivity contribution in [3.8, 4) is 17.2 Å². The quantitative estimate of drug-likeness (QED) is 0.288. The molecule has 1 saturated heterocycles. The fourth-order valence-corrected chi connectivity index (χ4v) is 3.72. The molecule has 0 bridgehead atoms. The molecule has 0 spiro atoms. The first-order chi connectivity index (χ1) is 14.0. The van der Waals surface area contributed by atoms with Crippen LogP contribution in [0, 0.1) is 0 Å². The number of nitrogens with zero attached hydrogens (tertiary/aromatic N) is 2. The van der Waals surface area contributed by atoms with Gasteiger partial charge in [0.25, 0.3) is 0 Å². The summed E-state index contributed by atoms with van der Waals surface area (Å²) in [5.41, 5.74) is 1.05. The lowest BCUT2D eigenvalue weighted by atomic mass is 10.0. The first kappa shape index (κ1) is 26.6. The third kappa shape index (κ3) is 7.37. The average molecular weight is 534 g/mol. The number of guanidine groups is 1. The van der Waals surface area contributed by atoms with E-state index in [-0.39, 0.29) is 24.0 Å². The number of likely N-dealkylation sites (tertiary alicyclic amines) is 1. The minimum absolute atomic E-state index is 0. The van der Waals surface area contributed by atoms with Crippen molar-refractivity contribution in [3.63, 3.8) is 0 Å². The van der Waals surface area contributed by atoms with E-state index in [1.807, 2.05) is 12.1 Å². The number of aliphatic imine (C=N–C) groups is 1. The number of hydrogen-bond donors (Lipinski definition) is 2. The largest absolute Gasteiger partial charge is 0.493 e. The van der Waals surface area contributed by atoms with Gasteiger partial charge in [0, 0.05) is 43.8 Å². The van der Waals surface area contributed by atoms with E-state index in [0.29, 0.717) is 35.9 Å². The summed E-state index contributed by atoms with van der Waals surface area (Å²) in [6.45, 7) is 10.4. The van der Waals surface area contributed by atoms with Crippen LogP contribution in [0.25, 0.3) is 0 Å². The van der Waals surface area contributed by atoms with E-state index in [0.717, 1.165) is 50.4 Å². The van der Waals surface area contributed by atoms with Crippen molar-refractivity contribution in [2.24, 2.45) is 4.99 Å². The third-order valence-corrected chi connectivity index (χ3v) is 5.38. The first-order valence-electron chi connectivity index (χ1n) is 10.6. The topological polar surface area (TPSA) is 67.4 Å². The molecule has 30 heavy (non-hydrogen) atoms. The highest BCUT2D eigenvalue weighted by atomic mass is 127. The van der Waals surface area contributed by atoms with Gasteiger partial charge in [-0.15, -0.1) is 24.0 Å². The van der Waals surface area contributed by atoms with Gasteiger partial charge in [0.05, 0.1) is 21.3 Å². The van der Waals surface area contributed by atoms with Crippen molar-refractivity contribution in [1.82, 2.24) is 15.5 Å². The number of rotatable bonds is 9. The maximum Gasteiger partial charge on any atom is 0.203 e. The van der Waals surface area contributed by atoms with Gasteiger partial charge in [-0.1, -0.05) is 6.07 Å². The summed E-state index contributed by atoms with van der Waals surface area (Å²) < 4.78 is 16.4. The number of halogens is 1. The van der Waals surface area contributed by atoms with E-state index in [1.54, 1.807) is 21.3 Å². The van der Waals surface area contributed by atoms with Gasteiger partial charge < -0.3 is 29.7 Å². The van der Waals surface area contributed by atoms with Crippen LogP contribution in [0.3, 0.4) is 0 Å². The summed E-state index contributed by atoms with van der Waals surface area (Å²) in [5, 5.41) is 6.98. The highest BCUT2D eigenvalue weighted by Crippen LogP contribution is 2.39. The highest BCUT2D eigenvalue weighted by molar-refractivity contribution is 14.0. The van der Waals surface area contributed by atoms with E-state index in [1.165, 1.54) is 0 Å². The molecule has 0 aliphatic carbocycles. The Kier molecular flexibility index (Phi) is 12.2. The number of nitrogens with one attached hydrogen (secondary N) is 2. The van der Waals surface area contributed by atoms with Crippen LogP contribution in [0.5, 0.6) is 17.2 Å². The normalized spacial score (nSPS) is 15.5. The minimum atomic E-state index is 0. The summed E-state index contributed by atoms with van der Waals surface area (Å²) in [4.78, 5) is 7.32. The molecule has 0 radical (unpaired) electrons. The van der Waals surface area contributed by atoms with E-state index >= 15 is 0 Å². The van der Waals surface area contributed by atoms with Crippen LogP contribution in [0.2, 0.25) is 0 Å². The van der Waals surface area contributed by atoms with Gasteiger partial charge in [-0.25, -0.2) is 0 Å². The molecule has 172 valence electrons. The molecule has 2 rings (SSSR count). The van der Waals surface area contributed by atoms with Crippen molar-refractivity contribution >= 4 is 29.9 Å². The van der Waals surface area contributed by atoms with Crippen LogP contribution < -0.4 is 24.8 Å². The molecule has 0 unspecified atom stereocenters. The molecule has 1 heterocycles. The van der Waals surface area contributed by atoms with E-state index in [9.17, 15) is 0 Å². The van der Waals surface area contributed by atoms with Gasteiger partial charge in [-0.2, -0.15) is 0 Å². The molecule has 1 aliphatic rings. The van der Waals surface area contributed by atoms with Crippen molar-refractivity contribution < 1.29 is 14.2 Å². The number of hydrogen-bond acceptors (Lipinski definition) is 5. The van der Waals surface area contributed by atoms with Crippen LogP contribution in [-0.4, -0.2) is 70.5 Å². The summed E-state index contributed by atoms with van der Waals surface area (Å²) in [6.07, 6.45) is 3.05. The van der Waals surface area contributed by atoms with Gasteiger partial charge >= 0.3 is 0 Å². The lowest BCUT2D eigenvalue weighted by Gasteiger charge is -2.35. The van der Waals surface area contributed by atoms with Gasteiger partial charge in [-0.05, 0) is 46.1 Å². The molecule has 0 saturated carbocycles. The smallest absolute Gasteiger partial charge is 0.203 e. The molecular formula is C22H39IN4O3. The van der Waals surface area contributed by atoms with E-state index in [2.05, 4.69) is 36.3 Å². The number of benzene rings is 1. The van der Waals surface area contributed by atoms with Crippen molar-refractivity contribution in [1.29, 1.82) is 0 Å². The summed E-state index contributed by atoms with van der Waals surface area (Å²) >= 11 is 0. The van der Waals surface area contributed by atoms with Gasteiger partial charge in [-0.3, -0.25) is 4.99 Å². The highest BCUT2D eigenvalue weighted by Gasteiger charge is 2.21. The second-order valence-electron chi connectivity index (χ2n) is 7.55. The molecule has 0 amide bonds. The Bertz CT molecular complexity index is 662. The molecule has 1 aromatic rings. The monoisotopic (exact) mass is 534 g/mol. The Labute approximate surface area is 199 Å². The van der Waals surface area contributed by atoms with Crippen LogP contribution >= 0.6 is 24.0 Å². The second-order valence-corrected chi connectivity index (χ2v) is 7.55. The van der Waals surface area contributed by atoms with Crippen molar-refractivity contribution in [3.05, 3.63) is 17.7 Å². The zero-order valence-electron chi connectivity index (χ0n) is 19.3. The molecule has 2 N–H and O–H groups in total. The van der Waals surface area contributed by atoms with Gasteiger partial charge in [0.15, 0.2) is 17.5 Å². The number of methoxy groups -OCH3 is 3. The fourth-order valence-electron chi connectivity index (χ4n) is 3.72. The van der Waals surface area contributed by atoms with Crippen molar-refractivity contribution in [2.75, 3.05) is 47.5 Å². The second kappa shape index (κ2) is 13.8. The molecule has 1 fully saturated rings. The lowest BCUT2D eigenvalue weighted by Crippen LogP contribution is -2.49. The molecule has 8 heteroatoms. The Morgan fingerprint density at radius 3 is 2.30 bits per heavy atom. The van der Waals surface area contributed by atoms with Crippen LogP contribution in [0.15, 0.2) is 17.1 Å². The Morgan fingerprint density at radius 2 is 1.77 bits per heavy atom. The summed E-state index contributed by atoms with van der Waals surface area (Å²) in [7, 11) is 4.90. The Morgan fingerprint density at radius 1 is 1.10 bits per heavy atom. The standard InChI is InChI=1S/C22H38N4O3.HI/c1-7-23-22(25-18-11-14-26(15-12-18)16(2)3)24-13-10-17-8-9-19(27-4)21(29-6)20(17)28-5;/h8-9,16,18H,7,10-15H2,1-6H3,(H2,23,24,25);1H. The Hall–Kier alpha value is -1.42. The maximum atomic E-state index is 5.58. The summed E-state index contributed by atoms with van der Waals surface area (Å²) in [5.74, 6) is 2.88. The van der Waals surface area contributed by atoms with Crippen LogP contribution in [-0.2, 0) is 6.42 Å². The summed E-state index contributed by atoms with van der Waals surface area (Å²) in [6, 6.07) is 5.01. The van der Waals surface area contributed by atoms with Gasteiger partial charge in [0.1, 0.15) is 0 Å². The number of piperidine rings is 1. The molecule has 0 atom stereocenters.